The van der Waals surface area contributed by atoms with E-state index in [9.17, 15) is 9.59 Å². The molecule has 0 spiro atoms. The van der Waals surface area contributed by atoms with Gasteiger partial charge < -0.3 is 24.8 Å². The normalized spacial score (nSPS) is 18.3. The highest BCUT2D eigenvalue weighted by atomic mass is 16.5. The second-order valence-electron chi connectivity index (χ2n) is 7.52. The number of likely N-dealkylation sites (tertiary alicyclic amines) is 1. The van der Waals surface area contributed by atoms with Crippen molar-refractivity contribution in [2.45, 2.75) is 19.8 Å². The Kier molecular flexibility index (Phi) is 6.21. The monoisotopic (exact) mass is 374 g/mol. The molecule has 27 heavy (non-hydrogen) atoms. The quantitative estimate of drug-likeness (QED) is 0.881. The first-order chi connectivity index (χ1) is 13.0. The van der Waals surface area contributed by atoms with Crippen LogP contribution in [0.3, 0.4) is 0 Å². The molecule has 148 valence electrons. The third kappa shape index (κ3) is 4.71. The van der Waals surface area contributed by atoms with Crippen molar-refractivity contribution >= 4 is 23.3 Å². The number of morpholine rings is 1. The first kappa shape index (κ1) is 19.5. The molecule has 0 radical (unpaired) electrons. The van der Waals surface area contributed by atoms with Gasteiger partial charge in [-0.15, -0.1) is 0 Å². The van der Waals surface area contributed by atoms with Crippen LogP contribution in [0, 0.1) is 12.8 Å². The van der Waals surface area contributed by atoms with E-state index in [4.69, 9.17) is 4.74 Å². The molecule has 2 aliphatic heterocycles. The van der Waals surface area contributed by atoms with Crippen molar-refractivity contribution in [3.05, 3.63) is 23.8 Å². The molecule has 2 aliphatic rings. The van der Waals surface area contributed by atoms with Gasteiger partial charge in [0, 0.05) is 57.6 Å². The van der Waals surface area contributed by atoms with Crippen molar-refractivity contribution in [1.82, 2.24) is 9.80 Å². The van der Waals surface area contributed by atoms with Crippen LogP contribution in [0.1, 0.15) is 18.4 Å². The van der Waals surface area contributed by atoms with Gasteiger partial charge in [-0.1, -0.05) is 0 Å². The molecule has 2 fully saturated rings. The number of anilines is 2. The molecule has 7 nitrogen and oxygen atoms in total. The Morgan fingerprint density at radius 2 is 1.74 bits per heavy atom. The van der Waals surface area contributed by atoms with Gasteiger partial charge in [0.05, 0.1) is 13.2 Å². The molecular formula is C20H30N4O3. The first-order valence-corrected chi connectivity index (χ1v) is 9.66. The van der Waals surface area contributed by atoms with E-state index in [0.29, 0.717) is 39.4 Å². The van der Waals surface area contributed by atoms with Gasteiger partial charge in [0.2, 0.25) is 5.91 Å². The van der Waals surface area contributed by atoms with Gasteiger partial charge in [0.15, 0.2) is 0 Å². The zero-order valence-electron chi connectivity index (χ0n) is 16.5. The maximum absolute atomic E-state index is 12.6. The fourth-order valence-corrected chi connectivity index (χ4v) is 3.81. The van der Waals surface area contributed by atoms with Crippen LogP contribution in [0.4, 0.5) is 16.2 Å². The molecule has 0 saturated carbocycles. The predicted molar refractivity (Wildman–Crippen MR) is 106 cm³/mol. The lowest BCUT2D eigenvalue weighted by molar-refractivity contribution is -0.140. The second-order valence-corrected chi connectivity index (χ2v) is 7.52. The smallest absolute Gasteiger partial charge is 0.321 e. The summed E-state index contributed by atoms with van der Waals surface area (Å²) in [6, 6.07) is 5.83. The van der Waals surface area contributed by atoms with Crippen molar-refractivity contribution < 1.29 is 14.3 Å². The number of aryl methyl sites for hydroxylation is 1. The zero-order chi connectivity index (χ0) is 19.4. The molecule has 3 rings (SSSR count). The number of amides is 3. The number of hydrogen-bond donors (Lipinski definition) is 1. The molecule has 0 aromatic heterocycles. The van der Waals surface area contributed by atoms with E-state index in [1.807, 2.05) is 44.1 Å². The third-order valence-corrected chi connectivity index (χ3v) is 5.38. The van der Waals surface area contributed by atoms with Gasteiger partial charge in [0.1, 0.15) is 0 Å². The molecule has 3 amide bonds. The van der Waals surface area contributed by atoms with Crippen molar-refractivity contribution in [3.63, 3.8) is 0 Å². The predicted octanol–water partition coefficient (Wildman–Crippen LogP) is 2.16. The summed E-state index contributed by atoms with van der Waals surface area (Å²) in [4.78, 5) is 30.9. The Morgan fingerprint density at radius 3 is 2.33 bits per heavy atom. The average molecular weight is 374 g/mol. The lowest BCUT2D eigenvalue weighted by Gasteiger charge is -2.35. The highest BCUT2D eigenvalue weighted by Crippen LogP contribution is 2.24. The Balaban J connectivity index is 1.51. The van der Waals surface area contributed by atoms with Crippen LogP contribution in [-0.4, -0.2) is 75.2 Å². The molecule has 2 saturated heterocycles. The van der Waals surface area contributed by atoms with Crippen LogP contribution < -0.4 is 10.2 Å². The minimum absolute atomic E-state index is 0.0220. The largest absolute Gasteiger partial charge is 0.378 e. The van der Waals surface area contributed by atoms with Gasteiger partial charge in [-0.2, -0.15) is 0 Å². The number of benzene rings is 1. The number of ether oxygens (including phenoxy) is 1. The molecule has 1 aromatic carbocycles. The number of nitrogens with zero attached hydrogens (tertiary/aromatic N) is 3. The maximum atomic E-state index is 12.6. The van der Waals surface area contributed by atoms with E-state index in [0.717, 1.165) is 29.8 Å². The lowest BCUT2D eigenvalue weighted by Crippen LogP contribution is -2.48. The van der Waals surface area contributed by atoms with Gasteiger partial charge in [-0.25, -0.2) is 4.79 Å². The molecule has 0 unspecified atom stereocenters. The molecule has 0 aliphatic carbocycles. The fraction of sp³-hybridized carbons (Fsp3) is 0.600. The maximum Gasteiger partial charge on any atom is 0.321 e. The molecule has 2 heterocycles. The SMILES string of the molecule is Cc1cc(NC(=O)N2CCC(C(=O)N3CCOCC3)CC2)ccc1N(C)C. The summed E-state index contributed by atoms with van der Waals surface area (Å²) < 4.78 is 5.31. The van der Waals surface area contributed by atoms with Gasteiger partial charge >= 0.3 is 6.03 Å². The standard InChI is InChI=1S/C20H30N4O3/c1-15-14-17(4-5-18(15)22(2)3)21-20(26)24-8-6-16(7-9-24)19(25)23-10-12-27-13-11-23/h4-5,14,16H,6-13H2,1-3H3,(H,21,26). The number of nitrogens with one attached hydrogen (secondary N) is 1. The number of hydrogen-bond acceptors (Lipinski definition) is 4. The number of carbonyl (C=O) groups excluding carboxylic acids is 2. The molecule has 1 aromatic rings. The van der Waals surface area contributed by atoms with E-state index >= 15 is 0 Å². The van der Waals surface area contributed by atoms with Crippen molar-refractivity contribution in [2.24, 2.45) is 5.92 Å². The average Bonchev–Trinajstić information content (AvgIpc) is 2.68. The summed E-state index contributed by atoms with van der Waals surface area (Å²) in [6.45, 7) is 5.87. The Morgan fingerprint density at radius 1 is 1.07 bits per heavy atom. The van der Waals surface area contributed by atoms with Gasteiger partial charge in [-0.3, -0.25) is 4.79 Å². The minimum atomic E-state index is -0.0933. The highest BCUT2D eigenvalue weighted by molar-refractivity contribution is 5.90. The summed E-state index contributed by atoms with van der Waals surface area (Å²) in [5, 5.41) is 2.98. The van der Waals surface area contributed by atoms with Gasteiger partial charge in [-0.05, 0) is 43.5 Å². The summed E-state index contributed by atoms with van der Waals surface area (Å²) >= 11 is 0. The van der Waals surface area contributed by atoms with Crippen molar-refractivity contribution in [3.8, 4) is 0 Å². The fourth-order valence-electron chi connectivity index (χ4n) is 3.81. The van der Waals surface area contributed by atoms with Crippen LogP contribution in [-0.2, 0) is 9.53 Å². The van der Waals surface area contributed by atoms with Crippen molar-refractivity contribution in [1.29, 1.82) is 0 Å². The summed E-state index contributed by atoms with van der Waals surface area (Å²) in [5.74, 6) is 0.238. The zero-order valence-corrected chi connectivity index (χ0v) is 16.5. The molecule has 1 N–H and O–H groups in total. The van der Waals surface area contributed by atoms with Crippen LogP contribution in [0.15, 0.2) is 18.2 Å². The summed E-state index contributed by atoms with van der Waals surface area (Å²) in [7, 11) is 4.01. The molecule has 0 bridgehead atoms. The Labute approximate surface area is 161 Å². The van der Waals surface area contributed by atoms with E-state index in [1.165, 1.54) is 0 Å². The summed E-state index contributed by atoms with van der Waals surface area (Å²) in [5.41, 5.74) is 3.05. The Hall–Kier alpha value is -2.28. The third-order valence-electron chi connectivity index (χ3n) is 5.38. The van der Waals surface area contributed by atoms with E-state index in [1.54, 1.807) is 4.90 Å². The minimum Gasteiger partial charge on any atom is -0.378 e. The number of carbonyl (C=O) groups is 2. The van der Waals surface area contributed by atoms with E-state index in [-0.39, 0.29) is 17.9 Å². The van der Waals surface area contributed by atoms with Crippen LogP contribution in [0.5, 0.6) is 0 Å². The van der Waals surface area contributed by atoms with Crippen LogP contribution in [0.2, 0.25) is 0 Å². The van der Waals surface area contributed by atoms with Crippen LogP contribution >= 0.6 is 0 Å². The Bertz CT molecular complexity index is 678. The topological polar surface area (TPSA) is 65.1 Å². The second kappa shape index (κ2) is 8.61. The highest BCUT2D eigenvalue weighted by Gasteiger charge is 2.30. The lowest BCUT2D eigenvalue weighted by atomic mass is 9.95. The number of rotatable bonds is 3. The van der Waals surface area contributed by atoms with Crippen LogP contribution in [0.25, 0.3) is 0 Å². The molecular weight excluding hydrogens is 344 g/mol. The van der Waals surface area contributed by atoms with Gasteiger partial charge in [0.25, 0.3) is 0 Å². The number of urea groups is 1. The molecule has 0 atom stereocenters. The summed E-state index contributed by atoms with van der Waals surface area (Å²) in [6.07, 6.45) is 1.45. The number of piperidine rings is 1. The molecule has 7 heteroatoms. The van der Waals surface area contributed by atoms with E-state index in [2.05, 4.69) is 10.2 Å². The first-order valence-electron chi connectivity index (χ1n) is 9.66. The van der Waals surface area contributed by atoms with E-state index < -0.39 is 0 Å². The van der Waals surface area contributed by atoms with Crippen molar-refractivity contribution in [2.75, 3.05) is 63.7 Å².